The molecule has 0 spiro atoms. The molecule has 2 heterocycles. The minimum atomic E-state index is 0.0238. The standard InChI is InChI=1S/C21H17Cl2N3O/c22-14-10-8-13(9-11-14)20-16-12-25(15-4-3-5-15)21(27)19(16)24-26(20)18-7-2-1-6-17(18)23/h1-2,6-11,15H,3-5,12H2. The lowest BCUT2D eigenvalue weighted by Gasteiger charge is -2.34. The number of halogens is 2. The number of hydrogen-bond acceptors (Lipinski definition) is 2. The largest absolute Gasteiger partial charge is 0.330 e. The molecule has 4 nitrogen and oxygen atoms in total. The molecule has 136 valence electrons. The predicted molar refractivity (Wildman–Crippen MR) is 107 cm³/mol. The van der Waals surface area contributed by atoms with Gasteiger partial charge >= 0.3 is 0 Å². The molecule has 0 saturated heterocycles. The van der Waals surface area contributed by atoms with Crippen LogP contribution in [-0.4, -0.2) is 26.6 Å². The summed E-state index contributed by atoms with van der Waals surface area (Å²) in [4.78, 5) is 15.0. The average molecular weight is 398 g/mol. The number of rotatable bonds is 3. The zero-order valence-corrected chi connectivity index (χ0v) is 16.0. The second-order valence-electron chi connectivity index (χ2n) is 7.06. The van der Waals surface area contributed by atoms with Gasteiger partial charge in [-0.2, -0.15) is 5.10 Å². The normalized spacial score (nSPS) is 16.5. The van der Waals surface area contributed by atoms with Crippen molar-refractivity contribution in [1.82, 2.24) is 14.7 Å². The lowest BCUT2D eigenvalue weighted by atomic mass is 9.92. The van der Waals surface area contributed by atoms with E-state index in [4.69, 9.17) is 28.3 Å². The molecule has 2 aromatic carbocycles. The number of para-hydroxylation sites is 1. The van der Waals surface area contributed by atoms with Gasteiger partial charge in [-0.3, -0.25) is 4.79 Å². The Morgan fingerprint density at radius 1 is 1.00 bits per heavy atom. The van der Waals surface area contributed by atoms with Crippen LogP contribution in [0.25, 0.3) is 16.9 Å². The van der Waals surface area contributed by atoms with E-state index in [1.807, 2.05) is 53.4 Å². The summed E-state index contributed by atoms with van der Waals surface area (Å²) in [6.45, 7) is 0.598. The van der Waals surface area contributed by atoms with Crippen molar-refractivity contribution in [2.24, 2.45) is 0 Å². The van der Waals surface area contributed by atoms with Gasteiger partial charge in [-0.25, -0.2) is 4.68 Å². The zero-order valence-electron chi connectivity index (χ0n) is 14.5. The predicted octanol–water partition coefficient (Wildman–Crippen LogP) is 5.35. The molecule has 1 aliphatic carbocycles. The first-order chi connectivity index (χ1) is 13.1. The van der Waals surface area contributed by atoms with Crippen molar-refractivity contribution in [3.05, 3.63) is 69.8 Å². The third-order valence-corrected chi connectivity index (χ3v) is 6.06. The van der Waals surface area contributed by atoms with Crippen LogP contribution in [0.2, 0.25) is 10.0 Å². The summed E-state index contributed by atoms with van der Waals surface area (Å²) in [5.41, 5.74) is 4.14. The van der Waals surface area contributed by atoms with E-state index in [1.165, 1.54) is 6.42 Å². The fourth-order valence-electron chi connectivity index (χ4n) is 3.85. The lowest BCUT2D eigenvalue weighted by Crippen LogP contribution is -2.40. The number of carbonyl (C=O) groups excluding carboxylic acids is 1. The minimum absolute atomic E-state index is 0.0238. The Bertz CT molecular complexity index is 1040. The van der Waals surface area contributed by atoms with E-state index in [0.717, 1.165) is 35.3 Å². The van der Waals surface area contributed by atoms with Crippen LogP contribution in [0.3, 0.4) is 0 Å². The fraction of sp³-hybridized carbons (Fsp3) is 0.238. The van der Waals surface area contributed by atoms with Gasteiger partial charge in [0.2, 0.25) is 0 Å². The Balaban J connectivity index is 1.69. The highest BCUT2D eigenvalue weighted by atomic mass is 35.5. The Kier molecular flexibility index (Phi) is 3.99. The summed E-state index contributed by atoms with van der Waals surface area (Å²) < 4.78 is 1.80. The summed E-state index contributed by atoms with van der Waals surface area (Å²) in [7, 11) is 0. The van der Waals surface area contributed by atoms with E-state index in [0.29, 0.717) is 28.3 Å². The third-order valence-electron chi connectivity index (χ3n) is 5.49. The topological polar surface area (TPSA) is 38.1 Å². The molecule has 0 N–H and O–H groups in total. The molecular weight excluding hydrogens is 381 g/mol. The number of benzene rings is 2. The number of amides is 1. The molecule has 1 aliphatic heterocycles. The Morgan fingerprint density at radius 3 is 2.41 bits per heavy atom. The quantitative estimate of drug-likeness (QED) is 0.596. The van der Waals surface area contributed by atoms with Crippen LogP contribution in [0.5, 0.6) is 0 Å². The van der Waals surface area contributed by atoms with Gasteiger partial charge in [0.25, 0.3) is 5.91 Å². The van der Waals surface area contributed by atoms with E-state index in [9.17, 15) is 4.79 Å². The molecule has 0 radical (unpaired) electrons. The van der Waals surface area contributed by atoms with Gasteiger partial charge in [-0.05, 0) is 43.5 Å². The van der Waals surface area contributed by atoms with Gasteiger partial charge in [-0.15, -0.1) is 0 Å². The average Bonchev–Trinajstić information content (AvgIpc) is 3.13. The van der Waals surface area contributed by atoms with Crippen molar-refractivity contribution < 1.29 is 4.79 Å². The molecule has 0 bridgehead atoms. The molecule has 0 unspecified atom stereocenters. The first-order valence-corrected chi connectivity index (χ1v) is 9.83. The minimum Gasteiger partial charge on any atom is -0.330 e. The molecular formula is C21H17Cl2N3O. The molecule has 3 aromatic rings. The Hall–Kier alpha value is -2.30. The SMILES string of the molecule is O=C1c2nn(-c3ccccc3Cl)c(-c3ccc(Cl)cc3)c2CN1C1CCC1. The molecule has 5 rings (SSSR count). The highest BCUT2D eigenvalue weighted by Gasteiger charge is 2.40. The van der Waals surface area contributed by atoms with Crippen LogP contribution in [-0.2, 0) is 6.54 Å². The zero-order chi connectivity index (χ0) is 18.5. The van der Waals surface area contributed by atoms with E-state index in [-0.39, 0.29) is 5.91 Å². The smallest absolute Gasteiger partial charge is 0.275 e. The summed E-state index contributed by atoms with van der Waals surface area (Å²) >= 11 is 12.5. The fourth-order valence-corrected chi connectivity index (χ4v) is 4.19. The van der Waals surface area contributed by atoms with Gasteiger partial charge in [0.1, 0.15) is 0 Å². The maximum Gasteiger partial charge on any atom is 0.275 e. The molecule has 0 atom stereocenters. The number of hydrogen-bond donors (Lipinski definition) is 0. The molecule has 1 amide bonds. The van der Waals surface area contributed by atoms with Crippen LogP contribution < -0.4 is 0 Å². The summed E-state index contributed by atoms with van der Waals surface area (Å²) in [6.07, 6.45) is 3.35. The molecule has 1 fully saturated rings. The van der Waals surface area contributed by atoms with Crippen molar-refractivity contribution >= 4 is 29.1 Å². The summed E-state index contributed by atoms with van der Waals surface area (Å²) in [5.74, 6) is 0.0238. The molecule has 2 aliphatic rings. The summed E-state index contributed by atoms with van der Waals surface area (Å²) in [5, 5.41) is 5.97. The Labute approximate surface area is 167 Å². The highest BCUT2D eigenvalue weighted by molar-refractivity contribution is 6.32. The van der Waals surface area contributed by atoms with Crippen molar-refractivity contribution in [3.63, 3.8) is 0 Å². The van der Waals surface area contributed by atoms with E-state index >= 15 is 0 Å². The molecule has 1 aromatic heterocycles. The van der Waals surface area contributed by atoms with Crippen LogP contribution in [0.1, 0.15) is 35.3 Å². The third kappa shape index (κ3) is 2.67. The van der Waals surface area contributed by atoms with Gasteiger partial charge in [0, 0.05) is 22.2 Å². The van der Waals surface area contributed by atoms with Crippen molar-refractivity contribution in [2.45, 2.75) is 31.8 Å². The number of aromatic nitrogens is 2. The highest BCUT2D eigenvalue weighted by Crippen LogP contribution is 2.39. The van der Waals surface area contributed by atoms with Gasteiger partial charge in [0.05, 0.1) is 22.9 Å². The van der Waals surface area contributed by atoms with Crippen molar-refractivity contribution in [1.29, 1.82) is 0 Å². The number of nitrogens with zero attached hydrogens (tertiary/aromatic N) is 3. The van der Waals surface area contributed by atoms with Crippen LogP contribution >= 0.6 is 23.2 Å². The van der Waals surface area contributed by atoms with Crippen molar-refractivity contribution in [3.8, 4) is 16.9 Å². The maximum atomic E-state index is 13.0. The van der Waals surface area contributed by atoms with E-state index in [2.05, 4.69) is 0 Å². The van der Waals surface area contributed by atoms with E-state index < -0.39 is 0 Å². The van der Waals surface area contributed by atoms with Crippen LogP contribution in [0.4, 0.5) is 0 Å². The van der Waals surface area contributed by atoms with E-state index in [1.54, 1.807) is 4.68 Å². The molecule has 6 heteroatoms. The number of carbonyl (C=O) groups is 1. The second-order valence-corrected chi connectivity index (χ2v) is 7.91. The maximum absolute atomic E-state index is 13.0. The van der Waals surface area contributed by atoms with Gasteiger partial charge in [-0.1, -0.05) is 47.5 Å². The second kappa shape index (κ2) is 6.39. The monoisotopic (exact) mass is 397 g/mol. The first-order valence-electron chi connectivity index (χ1n) is 9.07. The first kappa shape index (κ1) is 16.8. The molecule has 27 heavy (non-hydrogen) atoms. The van der Waals surface area contributed by atoms with Crippen LogP contribution in [0, 0.1) is 0 Å². The molecule has 1 saturated carbocycles. The lowest BCUT2D eigenvalue weighted by molar-refractivity contribution is 0.0599. The van der Waals surface area contributed by atoms with Gasteiger partial charge < -0.3 is 4.90 Å². The van der Waals surface area contributed by atoms with Crippen molar-refractivity contribution in [2.75, 3.05) is 0 Å². The van der Waals surface area contributed by atoms with Crippen LogP contribution in [0.15, 0.2) is 48.5 Å². The number of fused-ring (bicyclic) bond motifs is 1. The summed E-state index contributed by atoms with van der Waals surface area (Å²) in [6, 6.07) is 15.5. The Morgan fingerprint density at radius 2 is 1.74 bits per heavy atom. The van der Waals surface area contributed by atoms with Gasteiger partial charge in [0.15, 0.2) is 5.69 Å².